The van der Waals surface area contributed by atoms with Gasteiger partial charge in [-0.3, -0.25) is 4.57 Å². The van der Waals surface area contributed by atoms with E-state index in [-0.39, 0.29) is 5.41 Å². The van der Waals surface area contributed by atoms with E-state index in [9.17, 15) is 0 Å². The van der Waals surface area contributed by atoms with E-state index in [0.717, 1.165) is 50.8 Å². The molecule has 5 nitrogen and oxygen atoms in total. The smallest absolute Gasteiger partial charge is 0.238 e. The zero-order valence-corrected chi connectivity index (χ0v) is 35.2. The highest BCUT2D eigenvalue weighted by Gasteiger charge is 2.37. The van der Waals surface area contributed by atoms with E-state index >= 15 is 0 Å². The molecule has 2 aliphatic rings. The molecule has 2 aromatic heterocycles. The van der Waals surface area contributed by atoms with Gasteiger partial charge in [-0.1, -0.05) is 184 Å². The molecule has 1 aliphatic carbocycles. The van der Waals surface area contributed by atoms with Crippen LogP contribution in [0.4, 0.5) is 17.1 Å². The Labute approximate surface area is 367 Å². The normalized spacial score (nSPS) is 15.2. The van der Waals surface area contributed by atoms with Gasteiger partial charge in [0.25, 0.3) is 0 Å². The van der Waals surface area contributed by atoms with Crippen molar-refractivity contribution in [1.82, 2.24) is 19.5 Å². The molecule has 0 radical (unpaired) electrons. The topological polar surface area (TPSA) is 46.8 Å². The number of rotatable bonds is 6. The fraction of sp³-hybridized carbons (Fsp3) is 0.0862. The van der Waals surface area contributed by atoms with Crippen LogP contribution in [0.3, 0.4) is 0 Å². The summed E-state index contributed by atoms with van der Waals surface area (Å²) in [6.07, 6.45) is 9.75. The standard InChI is InChI=1S/C58H43N5/c1-58(2)48-24-14-15-25-50(48)62(45-21-10-5-11-22-45)53-37-44(31-34-49(53)58)43-30-33-47-52(36-43)63(51-35-32-40-18-12-13-23-46(40)54(47)51)57-60-55(41-19-8-4-9-20-41)59-56(61-57)42-28-26-39(27-29-42)38-16-6-3-7-17-38/h3-16,18-38H,17H2,1-2H3. The number of anilines is 3. The van der Waals surface area contributed by atoms with Crippen molar-refractivity contribution in [3.63, 3.8) is 0 Å². The predicted molar refractivity (Wildman–Crippen MR) is 260 cm³/mol. The van der Waals surface area contributed by atoms with Crippen LogP contribution in [-0.4, -0.2) is 19.5 Å². The Hall–Kier alpha value is -7.89. The molecule has 5 heteroatoms. The number of hydrogen-bond acceptors (Lipinski definition) is 4. The van der Waals surface area contributed by atoms with Crippen LogP contribution < -0.4 is 4.90 Å². The molecule has 0 spiro atoms. The van der Waals surface area contributed by atoms with Crippen molar-refractivity contribution >= 4 is 49.6 Å². The first kappa shape index (κ1) is 36.9. The summed E-state index contributed by atoms with van der Waals surface area (Å²) in [4.78, 5) is 18.2. The van der Waals surface area contributed by atoms with Crippen molar-refractivity contribution in [2.75, 3.05) is 4.90 Å². The number of aromatic nitrogens is 4. The van der Waals surface area contributed by atoms with E-state index in [0.29, 0.717) is 23.5 Å². The van der Waals surface area contributed by atoms with E-state index in [4.69, 9.17) is 15.0 Å². The van der Waals surface area contributed by atoms with Gasteiger partial charge in [0, 0.05) is 38.9 Å². The summed E-state index contributed by atoms with van der Waals surface area (Å²) >= 11 is 0. The van der Waals surface area contributed by atoms with Crippen LogP contribution in [0.15, 0.2) is 206 Å². The van der Waals surface area contributed by atoms with Crippen LogP contribution >= 0.6 is 0 Å². The molecule has 300 valence electrons. The predicted octanol–water partition coefficient (Wildman–Crippen LogP) is 14.8. The lowest BCUT2D eigenvalue weighted by Crippen LogP contribution is -2.30. The van der Waals surface area contributed by atoms with Gasteiger partial charge in [0.05, 0.1) is 22.4 Å². The van der Waals surface area contributed by atoms with Crippen LogP contribution in [-0.2, 0) is 5.41 Å². The monoisotopic (exact) mass is 809 g/mol. The Balaban J connectivity index is 1.08. The molecule has 8 aromatic carbocycles. The van der Waals surface area contributed by atoms with Crippen LogP contribution in [0.5, 0.6) is 0 Å². The lowest BCUT2D eigenvalue weighted by molar-refractivity contribution is 0.632. The molecular weight excluding hydrogens is 767 g/mol. The number of benzene rings is 8. The van der Waals surface area contributed by atoms with Gasteiger partial charge in [-0.15, -0.1) is 0 Å². The third-order valence-electron chi connectivity index (χ3n) is 13.2. The fourth-order valence-corrected chi connectivity index (χ4v) is 9.95. The zero-order chi connectivity index (χ0) is 42.1. The second kappa shape index (κ2) is 14.6. The van der Waals surface area contributed by atoms with E-state index in [1.165, 1.54) is 44.2 Å². The summed E-state index contributed by atoms with van der Waals surface area (Å²) in [5.74, 6) is 2.20. The summed E-state index contributed by atoms with van der Waals surface area (Å²) in [6.45, 7) is 4.68. The molecule has 0 N–H and O–H groups in total. The third-order valence-corrected chi connectivity index (χ3v) is 13.2. The average Bonchev–Trinajstić information content (AvgIpc) is 3.69. The number of allylic oxidation sites excluding steroid dienone is 4. The highest BCUT2D eigenvalue weighted by atomic mass is 15.2. The van der Waals surface area contributed by atoms with Crippen molar-refractivity contribution in [3.8, 4) is 39.9 Å². The molecule has 0 saturated heterocycles. The minimum atomic E-state index is -0.190. The first-order valence-corrected chi connectivity index (χ1v) is 21.8. The Kier molecular flexibility index (Phi) is 8.58. The van der Waals surface area contributed by atoms with Gasteiger partial charge >= 0.3 is 0 Å². The van der Waals surface area contributed by atoms with Crippen molar-refractivity contribution < 1.29 is 0 Å². The molecule has 63 heavy (non-hydrogen) atoms. The first-order chi connectivity index (χ1) is 31.0. The molecule has 3 heterocycles. The molecule has 1 aliphatic heterocycles. The molecule has 0 amide bonds. The van der Waals surface area contributed by atoms with Crippen molar-refractivity contribution in [2.45, 2.75) is 31.6 Å². The van der Waals surface area contributed by atoms with E-state index in [1.54, 1.807) is 0 Å². The van der Waals surface area contributed by atoms with Gasteiger partial charge in [0.15, 0.2) is 11.6 Å². The Morgan fingerprint density at radius 1 is 0.508 bits per heavy atom. The molecular formula is C58H43N5. The minimum Gasteiger partial charge on any atom is -0.310 e. The lowest BCUT2D eigenvalue weighted by Gasteiger charge is -2.42. The summed E-state index contributed by atoms with van der Waals surface area (Å²) in [6, 6.07) is 65.5. The van der Waals surface area contributed by atoms with Crippen LogP contribution in [0.1, 0.15) is 42.9 Å². The maximum Gasteiger partial charge on any atom is 0.238 e. The first-order valence-electron chi connectivity index (χ1n) is 21.8. The van der Waals surface area contributed by atoms with Gasteiger partial charge in [0.1, 0.15) is 0 Å². The fourth-order valence-electron chi connectivity index (χ4n) is 9.95. The average molecular weight is 810 g/mol. The number of nitrogens with zero attached hydrogens (tertiary/aromatic N) is 5. The molecule has 12 rings (SSSR count). The third kappa shape index (κ3) is 6.11. The number of para-hydroxylation sites is 2. The van der Waals surface area contributed by atoms with Crippen molar-refractivity contribution in [3.05, 3.63) is 223 Å². The van der Waals surface area contributed by atoms with Crippen LogP contribution in [0, 0.1) is 0 Å². The Morgan fingerprint density at radius 3 is 1.97 bits per heavy atom. The van der Waals surface area contributed by atoms with Gasteiger partial charge in [-0.25, -0.2) is 4.98 Å². The van der Waals surface area contributed by atoms with Gasteiger partial charge in [-0.2, -0.15) is 9.97 Å². The number of hydrogen-bond donors (Lipinski definition) is 0. The second-order valence-corrected chi connectivity index (χ2v) is 17.2. The van der Waals surface area contributed by atoms with Crippen molar-refractivity contribution in [2.24, 2.45) is 0 Å². The van der Waals surface area contributed by atoms with Gasteiger partial charge in [0.2, 0.25) is 5.95 Å². The van der Waals surface area contributed by atoms with E-state index in [1.807, 2.05) is 18.2 Å². The highest BCUT2D eigenvalue weighted by Crippen LogP contribution is 2.52. The molecule has 0 fully saturated rings. The molecule has 1 unspecified atom stereocenters. The molecule has 1 atom stereocenters. The summed E-state index contributed by atoms with van der Waals surface area (Å²) in [5, 5.41) is 4.71. The maximum atomic E-state index is 5.34. The van der Waals surface area contributed by atoms with Crippen LogP contribution in [0.2, 0.25) is 0 Å². The molecule has 0 saturated carbocycles. The second-order valence-electron chi connectivity index (χ2n) is 17.2. The van der Waals surface area contributed by atoms with Crippen molar-refractivity contribution in [1.29, 1.82) is 0 Å². The van der Waals surface area contributed by atoms with E-state index in [2.05, 4.69) is 211 Å². The number of fused-ring (bicyclic) bond motifs is 7. The zero-order valence-electron chi connectivity index (χ0n) is 35.2. The Bertz CT molecular complexity index is 3450. The highest BCUT2D eigenvalue weighted by molar-refractivity contribution is 6.21. The molecule has 10 aromatic rings. The Morgan fingerprint density at radius 2 is 1.17 bits per heavy atom. The molecule has 0 bridgehead atoms. The van der Waals surface area contributed by atoms with Crippen LogP contribution in [0.25, 0.3) is 72.4 Å². The summed E-state index contributed by atoms with van der Waals surface area (Å²) in [5.41, 5.74) is 13.4. The maximum absolute atomic E-state index is 5.34. The quantitative estimate of drug-likeness (QED) is 0.168. The summed E-state index contributed by atoms with van der Waals surface area (Å²) < 4.78 is 2.25. The minimum absolute atomic E-state index is 0.190. The summed E-state index contributed by atoms with van der Waals surface area (Å²) in [7, 11) is 0. The van der Waals surface area contributed by atoms with Gasteiger partial charge < -0.3 is 4.90 Å². The largest absolute Gasteiger partial charge is 0.310 e. The van der Waals surface area contributed by atoms with E-state index < -0.39 is 0 Å². The lowest BCUT2D eigenvalue weighted by atomic mass is 9.73. The van der Waals surface area contributed by atoms with Gasteiger partial charge in [-0.05, 0) is 81.4 Å². The SMILES string of the molecule is CC1(C)c2ccccc2N(c2ccccc2)c2cc(-c3ccc4c5c6ccccc6ccc5n(-c5nc(-c6ccccc6)nc(-c6ccc(C7C=CC=CC7)cc6)n5)c4c3)ccc21.